The SMILES string of the molecule is CCCC1C/C=C/CC/C(C)=C/C(=N/OCC(=O)N(CC)CC)Cc2cc(O)cc(O)c2C(=O)O1. The van der Waals surface area contributed by atoms with Gasteiger partial charge in [-0.25, -0.2) is 4.79 Å². The number of allylic oxidation sites excluding steroid dienone is 3. The number of rotatable bonds is 7. The van der Waals surface area contributed by atoms with Gasteiger partial charge in [0, 0.05) is 32.0 Å². The van der Waals surface area contributed by atoms with Crippen molar-refractivity contribution in [3.8, 4) is 11.5 Å². The Morgan fingerprint density at radius 3 is 2.63 bits per heavy atom. The van der Waals surface area contributed by atoms with E-state index in [1.807, 2.05) is 39.8 Å². The summed E-state index contributed by atoms with van der Waals surface area (Å²) in [7, 11) is 0. The third-order valence-corrected chi connectivity index (χ3v) is 5.81. The summed E-state index contributed by atoms with van der Waals surface area (Å²) in [4.78, 5) is 32.4. The number of hydrogen-bond acceptors (Lipinski definition) is 7. The molecule has 192 valence electrons. The average Bonchev–Trinajstić information content (AvgIpc) is 2.78. The number of likely N-dealkylation sites (N-methyl/N-ethyl adjacent to an activating group) is 1. The molecule has 1 aromatic rings. The third kappa shape index (κ3) is 8.77. The van der Waals surface area contributed by atoms with E-state index >= 15 is 0 Å². The summed E-state index contributed by atoms with van der Waals surface area (Å²) in [6, 6.07) is 2.53. The van der Waals surface area contributed by atoms with Crippen LogP contribution in [0.3, 0.4) is 0 Å². The van der Waals surface area contributed by atoms with Gasteiger partial charge in [-0.15, -0.1) is 0 Å². The average molecular weight is 487 g/mol. The highest BCUT2D eigenvalue weighted by atomic mass is 16.6. The predicted octanol–water partition coefficient (Wildman–Crippen LogP) is 4.89. The van der Waals surface area contributed by atoms with Crippen LogP contribution in [0.2, 0.25) is 0 Å². The molecule has 0 fully saturated rings. The number of hydrogen-bond donors (Lipinski definition) is 2. The topological polar surface area (TPSA) is 109 Å². The molecule has 1 aliphatic heterocycles. The van der Waals surface area contributed by atoms with Crippen LogP contribution in [0.25, 0.3) is 0 Å². The molecular weight excluding hydrogens is 448 g/mol. The second-order valence-corrected chi connectivity index (χ2v) is 8.65. The second-order valence-electron chi connectivity index (χ2n) is 8.65. The molecule has 0 spiro atoms. The first-order valence-corrected chi connectivity index (χ1v) is 12.3. The minimum atomic E-state index is -0.654. The van der Waals surface area contributed by atoms with Crippen LogP contribution in [-0.2, 0) is 20.8 Å². The van der Waals surface area contributed by atoms with Crippen molar-refractivity contribution in [2.24, 2.45) is 5.16 Å². The van der Waals surface area contributed by atoms with E-state index in [1.54, 1.807) is 4.90 Å². The predicted molar refractivity (Wildman–Crippen MR) is 136 cm³/mol. The van der Waals surface area contributed by atoms with Crippen LogP contribution in [0.1, 0.15) is 75.7 Å². The first-order chi connectivity index (χ1) is 16.8. The maximum Gasteiger partial charge on any atom is 0.342 e. The number of nitrogens with zero attached hydrogens (tertiary/aromatic N) is 2. The lowest BCUT2D eigenvalue weighted by atomic mass is 9.98. The number of ether oxygens (including phenoxy) is 1. The standard InChI is InChI=1S/C27H38N2O6/c1-5-11-23-13-10-8-9-12-19(4)14-21(28-34-18-25(32)29(6-2)7-3)15-20-16-22(30)17-24(31)26(20)27(33)35-23/h8,10,14,16-17,23,30-31H,5-7,9,11-13,15,18H2,1-4H3/b10-8+,19-14+,28-21-. The van der Waals surface area contributed by atoms with Gasteiger partial charge in [0.05, 0.1) is 5.71 Å². The zero-order valence-electron chi connectivity index (χ0n) is 21.2. The monoisotopic (exact) mass is 486 g/mol. The lowest BCUT2D eigenvalue weighted by molar-refractivity contribution is -0.135. The number of carbonyl (C=O) groups is 2. The van der Waals surface area contributed by atoms with Gasteiger partial charge in [-0.3, -0.25) is 4.79 Å². The van der Waals surface area contributed by atoms with Crippen LogP contribution in [-0.4, -0.2) is 58.5 Å². The van der Waals surface area contributed by atoms with Crippen LogP contribution in [0.4, 0.5) is 0 Å². The Morgan fingerprint density at radius 1 is 1.20 bits per heavy atom. The van der Waals surface area contributed by atoms with E-state index in [0.717, 1.165) is 30.9 Å². The van der Waals surface area contributed by atoms with Crippen molar-refractivity contribution in [2.75, 3.05) is 19.7 Å². The lowest BCUT2D eigenvalue weighted by Gasteiger charge is -2.19. The molecule has 0 aromatic heterocycles. The van der Waals surface area contributed by atoms with Gasteiger partial charge in [-0.2, -0.15) is 0 Å². The fourth-order valence-electron chi connectivity index (χ4n) is 3.98. The van der Waals surface area contributed by atoms with Crippen LogP contribution in [0.15, 0.2) is 41.1 Å². The van der Waals surface area contributed by atoms with Gasteiger partial charge in [-0.1, -0.05) is 36.2 Å². The molecule has 8 heteroatoms. The quantitative estimate of drug-likeness (QED) is 0.323. The maximum atomic E-state index is 13.1. The Bertz CT molecular complexity index is 963. The highest BCUT2D eigenvalue weighted by Crippen LogP contribution is 2.30. The van der Waals surface area contributed by atoms with Crippen molar-refractivity contribution in [2.45, 2.75) is 72.3 Å². The van der Waals surface area contributed by atoms with Crippen LogP contribution in [0.5, 0.6) is 11.5 Å². The molecular formula is C27H38N2O6. The number of aromatic hydroxyl groups is 2. The molecule has 1 aromatic carbocycles. The number of cyclic esters (lactones) is 1. The zero-order valence-corrected chi connectivity index (χ0v) is 21.2. The Labute approximate surface area is 207 Å². The van der Waals surface area contributed by atoms with E-state index in [1.165, 1.54) is 6.07 Å². The molecule has 1 atom stereocenters. The molecule has 8 nitrogen and oxygen atoms in total. The first-order valence-electron chi connectivity index (χ1n) is 12.3. The van der Waals surface area contributed by atoms with Gasteiger partial charge >= 0.3 is 5.97 Å². The Kier molecular flexibility index (Phi) is 11.3. The van der Waals surface area contributed by atoms with Crippen LogP contribution < -0.4 is 0 Å². The molecule has 1 amide bonds. The van der Waals surface area contributed by atoms with Crippen molar-refractivity contribution in [3.05, 3.63) is 47.1 Å². The van der Waals surface area contributed by atoms with E-state index in [2.05, 4.69) is 11.2 Å². The van der Waals surface area contributed by atoms with E-state index in [4.69, 9.17) is 9.57 Å². The number of carbonyl (C=O) groups excluding carboxylic acids is 2. The summed E-state index contributed by atoms with van der Waals surface area (Å²) < 4.78 is 5.73. The number of oxime groups is 1. The van der Waals surface area contributed by atoms with Gasteiger partial charge < -0.3 is 24.7 Å². The van der Waals surface area contributed by atoms with Crippen molar-refractivity contribution in [1.82, 2.24) is 4.90 Å². The molecule has 2 rings (SSSR count). The fourth-order valence-corrected chi connectivity index (χ4v) is 3.98. The molecule has 0 saturated heterocycles. The molecule has 1 heterocycles. The summed E-state index contributed by atoms with van der Waals surface area (Å²) in [5.41, 5.74) is 1.85. The van der Waals surface area contributed by atoms with Gasteiger partial charge in [0.25, 0.3) is 5.91 Å². The molecule has 0 aliphatic carbocycles. The van der Waals surface area contributed by atoms with Crippen molar-refractivity contribution < 1.29 is 29.4 Å². The lowest BCUT2D eigenvalue weighted by Crippen LogP contribution is -2.33. The molecule has 35 heavy (non-hydrogen) atoms. The van der Waals surface area contributed by atoms with Crippen molar-refractivity contribution >= 4 is 17.6 Å². The first kappa shape index (κ1) is 28.0. The second kappa shape index (κ2) is 14.2. The number of amides is 1. The largest absolute Gasteiger partial charge is 0.508 e. The normalized spacial score (nSPS) is 20.7. The van der Waals surface area contributed by atoms with Crippen molar-refractivity contribution in [3.63, 3.8) is 0 Å². The highest BCUT2D eigenvalue weighted by molar-refractivity contribution is 6.01. The minimum Gasteiger partial charge on any atom is -0.508 e. The van der Waals surface area contributed by atoms with Gasteiger partial charge in [0.1, 0.15) is 23.2 Å². The molecule has 1 aliphatic rings. The molecule has 0 saturated carbocycles. The summed E-state index contributed by atoms with van der Waals surface area (Å²) in [5.74, 6) is -1.37. The number of phenolic OH excluding ortho intramolecular Hbond substituents is 2. The summed E-state index contributed by atoms with van der Waals surface area (Å²) in [6.45, 7) is 8.74. The zero-order chi connectivity index (χ0) is 25.8. The molecule has 0 radical (unpaired) electrons. The van der Waals surface area contributed by atoms with Crippen molar-refractivity contribution in [1.29, 1.82) is 0 Å². The van der Waals surface area contributed by atoms with E-state index in [-0.39, 0.29) is 42.1 Å². The number of phenols is 2. The summed E-state index contributed by atoms with van der Waals surface area (Å²) in [6.07, 6.45) is 9.47. The van der Waals surface area contributed by atoms with Crippen LogP contribution in [0, 0.1) is 0 Å². The summed E-state index contributed by atoms with van der Waals surface area (Å²) >= 11 is 0. The highest BCUT2D eigenvalue weighted by Gasteiger charge is 2.23. The van der Waals surface area contributed by atoms with E-state index < -0.39 is 5.97 Å². The minimum absolute atomic E-state index is 0.0112. The molecule has 2 N–H and O–H groups in total. The van der Waals surface area contributed by atoms with E-state index in [0.29, 0.717) is 37.2 Å². The smallest absolute Gasteiger partial charge is 0.342 e. The molecule has 0 bridgehead atoms. The number of fused-ring (bicyclic) bond motifs is 1. The Balaban J connectivity index is 2.43. The van der Waals surface area contributed by atoms with E-state index in [9.17, 15) is 19.8 Å². The summed E-state index contributed by atoms with van der Waals surface area (Å²) in [5, 5.41) is 24.8. The fraction of sp³-hybridized carbons (Fsp3) is 0.519. The third-order valence-electron chi connectivity index (χ3n) is 5.81. The number of benzene rings is 1. The van der Waals surface area contributed by atoms with Crippen LogP contribution >= 0.6 is 0 Å². The Morgan fingerprint density at radius 2 is 1.94 bits per heavy atom. The molecule has 1 unspecified atom stereocenters. The van der Waals surface area contributed by atoms with Gasteiger partial charge in [-0.05, 0) is 57.7 Å². The Hall–Kier alpha value is -3.29. The van der Waals surface area contributed by atoms with Gasteiger partial charge in [0.15, 0.2) is 6.61 Å². The maximum absolute atomic E-state index is 13.1. The number of esters is 1. The van der Waals surface area contributed by atoms with Gasteiger partial charge in [0.2, 0.25) is 0 Å².